The second-order valence-electron chi connectivity index (χ2n) is 7.64. The minimum Gasteiger partial charge on any atom is -0.457 e. The molecule has 3 rings (SSSR count). The Hall–Kier alpha value is -3.33. The lowest BCUT2D eigenvalue weighted by Gasteiger charge is -2.18. The van der Waals surface area contributed by atoms with Crippen molar-refractivity contribution in [3.05, 3.63) is 96.1 Å². The van der Waals surface area contributed by atoms with Gasteiger partial charge in [0.1, 0.15) is 11.5 Å². The number of nitrogens with one attached hydrogen (secondary N) is 1. The van der Waals surface area contributed by atoms with Gasteiger partial charge >= 0.3 is 0 Å². The van der Waals surface area contributed by atoms with Crippen molar-refractivity contribution in [1.29, 1.82) is 0 Å². The summed E-state index contributed by atoms with van der Waals surface area (Å²) in [5.41, 5.74) is 3.06. The molecular formula is C25H25NO2. The van der Waals surface area contributed by atoms with Crippen LogP contribution in [0.3, 0.4) is 0 Å². The molecule has 0 aliphatic heterocycles. The van der Waals surface area contributed by atoms with Crippen molar-refractivity contribution in [3.8, 4) is 11.5 Å². The normalized spacial score (nSPS) is 11.4. The second kappa shape index (κ2) is 8.57. The zero-order chi connectivity index (χ0) is 20.0. The zero-order valence-electron chi connectivity index (χ0n) is 16.5. The van der Waals surface area contributed by atoms with Gasteiger partial charge in [0, 0.05) is 17.8 Å². The Morgan fingerprint density at radius 1 is 0.857 bits per heavy atom. The summed E-state index contributed by atoms with van der Waals surface area (Å²) in [6.45, 7) is 6.54. The molecule has 142 valence electrons. The summed E-state index contributed by atoms with van der Waals surface area (Å²) < 4.78 is 5.80. The molecule has 0 radical (unpaired) electrons. The number of hydrogen-bond donors (Lipinski definition) is 1. The largest absolute Gasteiger partial charge is 0.457 e. The van der Waals surface area contributed by atoms with Crippen molar-refractivity contribution >= 4 is 17.7 Å². The van der Waals surface area contributed by atoms with Crippen LogP contribution < -0.4 is 10.1 Å². The first-order valence-electron chi connectivity index (χ1n) is 9.33. The number of ether oxygens (including phenoxy) is 1. The Labute approximate surface area is 166 Å². The van der Waals surface area contributed by atoms with Gasteiger partial charge in [-0.25, -0.2) is 0 Å². The summed E-state index contributed by atoms with van der Waals surface area (Å²) in [5.74, 6) is 1.24. The standard InChI is InChI=1S/C25H25NO2/c1-25(2,3)20-15-12-19(13-16-20)14-17-24(27)26-21-8-7-11-23(18-21)28-22-9-5-4-6-10-22/h4-18H,1-3H3,(H,26,27)/b17-14+. The summed E-state index contributed by atoms with van der Waals surface area (Å²) in [6.07, 6.45) is 3.35. The van der Waals surface area contributed by atoms with E-state index < -0.39 is 0 Å². The smallest absolute Gasteiger partial charge is 0.248 e. The topological polar surface area (TPSA) is 38.3 Å². The molecule has 0 unspecified atom stereocenters. The quantitative estimate of drug-likeness (QED) is 0.525. The Morgan fingerprint density at radius 2 is 1.54 bits per heavy atom. The second-order valence-corrected chi connectivity index (χ2v) is 7.64. The first-order chi connectivity index (χ1) is 13.4. The van der Waals surface area contributed by atoms with Crippen LogP contribution >= 0.6 is 0 Å². The molecule has 0 aromatic heterocycles. The molecule has 1 amide bonds. The fourth-order valence-corrected chi connectivity index (χ4v) is 2.71. The lowest BCUT2D eigenvalue weighted by atomic mass is 9.87. The van der Waals surface area contributed by atoms with Crippen molar-refractivity contribution < 1.29 is 9.53 Å². The van der Waals surface area contributed by atoms with Gasteiger partial charge < -0.3 is 10.1 Å². The fourth-order valence-electron chi connectivity index (χ4n) is 2.71. The van der Waals surface area contributed by atoms with Gasteiger partial charge in [0.05, 0.1) is 0 Å². The van der Waals surface area contributed by atoms with Gasteiger partial charge in [0.2, 0.25) is 5.91 Å². The van der Waals surface area contributed by atoms with Crippen molar-refractivity contribution in [1.82, 2.24) is 0 Å². The van der Waals surface area contributed by atoms with E-state index in [9.17, 15) is 4.79 Å². The van der Waals surface area contributed by atoms with E-state index in [2.05, 4.69) is 38.2 Å². The van der Waals surface area contributed by atoms with E-state index in [4.69, 9.17) is 4.74 Å². The number of rotatable bonds is 5. The maximum Gasteiger partial charge on any atom is 0.248 e. The number of benzene rings is 3. The molecule has 0 fully saturated rings. The summed E-state index contributed by atoms with van der Waals surface area (Å²) in [4.78, 5) is 12.2. The number of carbonyl (C=O) groups excluding carboxylic acids is 1. The summed E-state index contributed by atoms with van der Waals surface area (Å²) in [7, 11) is 0. The van der Waals surface area contributed by atoms with Gasteiger partial charge in [-0.05, 0) is 46.9 Å². The molecule has 0 saturated heterocycles. The molecule has 3 aromatic carbocycles. The average Bonchev–Trinajstić information content (AvgIpc) is 2.67. The Morgan fingerprint density at radius 3 is 2.21 bits per heavy atom. The summed E-state index contributed by atoms with van der Waals surface area (Å²) >= 11 is 0. The van der Waals surface area contributed by atoms with E-state index in [1.54, 1.807) is 6.07 Å². The summed E-state index contributed by atoms with van der Waals surface area (Å²) in [6, 6.07) is 25.1. The minimum absolute atomic E-state index is 0.118. The van der Waals surface area contributed by atoms with E-state index in [1.165, 1.54) is 11.6 Å². The van der Waals surface area contributed by atoms with Crippen molar-refractivity contribution in [2.24, 2.45) is 0 Å². The van der Waals surface area contributed by atoms with Crippen LogP contribution in [-0.2, 0) is 10.2 Å². The number of hydrogen-bond acceptors (Lipinski definition) is 2. The fraction of sp³-hybridized carbons (Fsp3) is 0.160. The molecule has 0 heterocycles. The van der Waals surface area contributed by atoms with Gasteiger partial charge in [-0.2, -0.15) is 0 Å². The third kappa shape index (κ3) is 5.58. The molecular weight excluding hydrogens is 346 g/mol. The van der Waals surface area contributed by atoms with Crippen LogP contribution in [0.5, 0.6) is 11.5 Å². The summed E-state index contributed by atoms with van der Waals surface area (Å²) in [5, 5.41) is 2.87. The van der Waals surface area contributed by atoms with Gasteiger partial charge in [-0.3, -0.25) is 4.79 Å². The van der Waals surface area contributed by atoms with Gasteiger partial charge in [0.15, 0.2) is 0 Å². The maximum absolute atomic E-state index is 12.2. The molecule has 0 bridgehead atoms. The molecule has 0 spiro atoms. The van der Waals surface area contributed by atoms with Crippen molar-refractivity contribution in [2.45, 2.75) is 26.2 Å². The Bertz CT molecular complexity index is 952. The molecule has 28 heavy (non-hydrogen) atoms. The van der Waals surface area contributed by atoms with E-state index in [0.29, 0.717) is 11.4 Å². The molecule has 0 aliphatic rings. The van der Waals surface area contributed by atoms with Crippen LogP contribution in [0.1, 0.15) is 31.9 Å². The number of carbonyl (C=O) groups is 1. The SMILES string of the molecule is CC(C)(C)c1ccc(/C=C/C(=O)Nc2cccc(Oc3ccccc3)c2)cc1. The van der Waals surface area contributed by atoms with Crippen LogP contribution in [0.15, 0.2) is 84.9 Å². The Kier molecular flexibility index (Phi) is 5.95. The van der Waals surface area contributed by atoms with E-state index in [-0.39, 0.29) is 11.3 Å². The third-order valence-electron chi connectivity index (χ3n) is 4.28. The van der Waals surface area contributed by atoms with Crippen LogP contribution in [0.25, 0.3) is 6.08 Å². The molecule has 3 heteroatoms. The maximum atomic E-state index is 12.2. The van der Waals surface area contributed by atoms with Crippen molar-refractivity contribution in [3.63, 3.8) is 0 Å². The average molecular weight is 371 g/mol. The van der Waals surface area contributed by atoms with Gasteiger partial charge in [0.25, 0.3) is 0 Å². The third-order valence-corrected chi connectivity index (χ3v) is 4.28. The molecule has 0 atom stereocenters. The molecule has 0 aliphatic carbocycles. The van der Waals surface area contributed by atoms with E-state index in [1.807, 2.05) is 66.7 Å². The van der Waals surface area contributed by atoms with Crippen molar-refractivity contribution in [2.75, 3.05) is 5.32 Å². The van der Waals surface area contributed by atoms with E-state index in [0.717, 1.165) is 11.3 Å². The predicted molar refractivity (Wildman–Crippen MR) is 116 cm³/mol. The minimum atomic E-state index is -0.184. The number of para-hydroxylation sites is 1. The van der Waals surface area contributed by atoms with Crippen LogP contribution in [0.4, 0.5) is 5.69 Å². The Balaban J connectivity index is 1.61. The number of amides is 1. The number of anilines is 1. The predicted octanol–water partition coefficient (Wildman–Crippen LogP) is 6.43. The highest BCUT2D eigenvalue weighted by molar-refractivity contribution is 6.02. The highest BCUT2D eigenvalue weighted by atomic mass is 16.5. The monoisotopic (exact) mass is 371 g/mol. The highest BCUT2D eigenvalue weighted by Crippen LogP contribution is 2.24. The first-order valence-corrected chi connectivity index (χ1v) is 9.33. The first kappa shape index (κ1) is 19.4. The van der Waals surface area contributed by atoms with Gasteiger partial charge in [-0.1, -0.05) is 69.3 Å². The van der Waals surface area contributed by atoms with Gasteiger partial charge in [-0.15, -0.1) is 0 Å². The molecule has 3 aromatic rings. The molecule has 3 nitrogen and oxygen atoms in total. The van der Waals surface area contributed by atoms with Crippen LogP contribution in [0, 0.1) is 0 Å². The molecule has 1 N–H and O–H groups in total. The zero-order valence-corrected chi connectivity index (χ0v) is 16.5. The van der Waals surface area contributed by atoms with Crippen LogP contribution in [0.2, 0.25) is 0 Å². The molecule has 0 saturated carbocycles. The van der Waals surface area contributed by atoms with Crippen LogP contribution in [-0.4, -0.2) is 5.91 Å². The highest BCUT2D eigenvalue weighted by Gasteiger charge is 2.12. The lowest BCUT2D eigenvalue weighted by Crippen LogP contribution is -2.10. The lowest BCUT2D eigenvalue weighted by molar-refractivity contribution is -0.111. The van der Waals surface area contributed by atoms with E-state index >= 15 is 0 Å².